The molecule has 0 aliphatic carbocycles. The Hall–Kier alpha value is -2.34. The molecule has 0 bridgehead atoms. The molecule has 1 atom stereocenters. The first-order chi connectivity index (χ1) is 12.6. The molecule has 2 rings (SSSR count). The van der Waals surface area contributed by atoms with Crippen LogP contribution in [0.2, 0.25) is 0 Å². The molecule has 2 aromatic rings. The molecule has 146 valence electrons. The summed E-state index contributed by atoms with van der Waals surface area (Å²) in [5, 5.41) is 2.85. The van der Waals surface area contributed by atoms with Crippen LogP contribution in [-0.4, -0.2) is 26.9 Å². The Labute approximate surface area is 162 Å². The third-order valence-electron chi connectivity index (χ3n) is 4.54. The summed E-state index contributed by atoms with van der Waals surface area (Å²) in [5.41, 5.74) is 3.33. The summed E-state index contributed by atoms with van der Waals surface area (Å²) in [6, 6.07) is 12.2. The Morgan fingerprint density at radius 2 is 1.63 bits per heavy atom. The quantitative estimate of drug-likeness (QED) is 0.786. The van der Waals surface area contributed by atoms with Gasteiger partial charge < -0.3 is 5.32 Å². The van der Waals surface area contributed by atoms with Gasteiger partial charge in [0.25, 0.3) is 10.0 Å². The van der Waals surface area contributed by atoms with Gasteiger partial charge in [0.2, 0.25) is 5.91 Å². The van der Waals surface area contributed by atoms with Crippen LogP contribution in [0.25, 0.3) is 0 Å². The van der Waals surface area contributed by atoms with Crippen molar-refractivity contribution in [3.05, 3.63) is 59.2 Å². The van der Waals surface area contributed by atoms with E-state index >= 15 is 0 Å². The maximum Gasteiger partial charge on any atom is 0.264 e. The number of hydrogen-bond donors (Lipinski definition) is 1. The third-order valence-corrected chi connectivity index (χ3v) is 6.31. The lowest BCUT2D eigenvalue weighted by Crippen LogP contribution is -2.43. The Bertz CT molecular complexity index is 906. The number of nitrogens with zero attached hydrogens (tertiary/aromatic N) is 1. The molecular weight excluding hydrogens is 360 g/mol. The van der Waals surface area contributed by atoms with Crippen molar-refractivity contribution in [3.63, 3.8) is 0 Å². The second kappa shape index (κ2) is 8.57. The zero-order valence-corrected chi connectivity index (χ0v) is 17.4. The number of nitrogens with one attached hydrogen (secondary N) is 1. The summed E-state index contributed by atoms with van der Waals surface area (Å²) in [5.74, 6) is -0.319. The summed E-state index contributed by atoms with van der Waals surface area (Å²) in [4.78, 5) is 12.7. The second-order valence-electron chi connectivity index (χ2n) is 6.99. The summed E-state index contributed by atoms with van der Waals surface area (Å²) in [6.45, 7) is 9.31. The molecular formula is C21H28N2O3S. The Morgan fingerprint density at radius 3 is 2.19 bits per heavy atom. The minimum absolute atomic E-state index is 0.0134. The molecule has 2 aromatic carbocycles. The van der Waals surface area contributed by atoms with Gasteiger partial charge in [-0.2, -0.15) is 0 Å². The SMILES string of the molecule is CC[C@@H](C)NC(=O)CN(c1ccc(C)cc1C)S(=O)(=O)c1ccc(C)cc1. The molecule has 1 N–H and O–H groups in total. The van der Waals surface area contributed by atoms with Gasteiger partial charge in [-0.1, -0.05) is 42.3 Å². The zero-order valence-electron chi connectivity index (χ0n) is 16.6. The lowest BCUT2D eigenvalue weighted by atomic mass is 10.1. The molecule has 0 aliphatic heterocycles. The second-order valence-corrected chi connectivity index (χ2v) is 8.85. The first-order valence-corrected chi connectivity index (χ1v) is 10.5. The van der Waals surface area contributed by atoms with Crippen molar-refractivity contribution >= 4 is 21.6 Å². The molecule has 0 aromatic heterocycles. The van der Waals surface area contributed by atoms with E-state index < -0.39 is 10.0 Å². The van der Waals surface area contributed by atoms with Gasteiger partial charge >= 0.3 is 0 Å². The van der Waals surface area contributed by atoms with E-state index in [1.807, 2.05) is 46.8 Å². The number of rotatable bonds is 7. The van der Waals surface area contributed by atoms with Crippen LogP contribution in [0.1, 0.15) is 37.0 Å². The minimum atomic E-state index is -3.87. The number of carbonyl (C=O) groups is 1. The van der Waals surface area contributed by atoms with Crippen molar-refractivity contribution in [2.24, 2.45) is 0 Å². The van der Waals surface area contributed by atoms with Gasteiger partial charge in [0.05, 0.1) is 10.6 Å². The van der Waals surface area contributed by atoms with Crippen LogP contribution in [0, 0.1) is 20.8 Å². The molecule has 0 radical (unpaired) electrons. The first kappa shape index (κ1) is 21.0. The molecule has 27 heavy (non-hydrogen) atoms. The number of hydrogen-bond acceptors (Lipinski definition) is 3. The largest absolute Gasteiger partial charge is 0.352 e. The van der Waals surface area contributed by atoms with Crippen LogP contribution < -0.4 is 9.62 Å². The molecule has 0 saturated heterocycles. The average molecular weight is 389 g/mol. The van der Waals surface area contributed by atoms with E-state index in [0.717, 1.165) is 23.1 Å². The Balaban J connectivity index is 2.48. The van der Waals surface area contributed by atoms with E-state index in [-0.39, 0.29) is 23.4 Å². The molecule has 6 heteroatoms. The summed E-state index contributed by atoms with van der Waals surface area (Å²) >= 11 is 0. The standard InChI is InChI=1S/C21H28N2O3S/c1-6-18(5)22-21(24)14-23(20-12-9-16(3)13-17(20)4)27(25,26)19-10-7-15(2)8-11-19/h7-13,18H,6,14H2,1-5H3,(H,22,24)/t18-/m1/s1. The molecule has 5 nitrogen and oxygen atoms in total. The number of sulfonamides is 1. The van der Waals surface area contributed by atoms with Crippen LogP contribution in [-0.2, 0) is 14.8 Å². The maximum absolute atomic E-state index is 13.3. The maximum atomic E-state index is 13.3. The molecule has 1 amide bonds. The topological polar surface area (TPSA) is 66.5 Å². The van der Waals surface area contributed by atoms with Crippen LogP contribution in [0.4, 0.5) is 5.69 Å². The predicted octanol–water partition coefficient (Wildman–Crippen LogP) is 3.72. The Morgan fingerprint density at radius 1 is 1.04 bits per heavy atom. The lowest BCUT2D eigenvalue weighted by molar-refractivity contribution is -0.120. The summed E-state index contributed by atoms with van der Waals surface area (Å²) in [6.07, 6.45) is 0.778. The van der Waals surface area contributed by atoms with Crippen LogP contribution in [0.3, 0.4) is 0 Å². The molecule has 0 heterocycles. The van der Waals surface area contributed by atoms with E-state index in [1.54, 1.807) is 30.3 Å². The van der Waals surface area contributed by atoms with Crippen molar-refractivity contribution in [3.8, 4) is 0 Å². The first-order valence-electron chi connectivity index (χ1n) is 9.11. The number of benzene rings is 2. The third kappa shape index (κ3) is 5.10. The van der Waals surface area contributed by atoms with Gasteiger partial charge in [0.1, 0.15) is 6.54 Å². The van der Waals surface area contributed by atoms with E-state index in [4.69, 9.17) is 0 Å². The smallest absolute Gasteiger partial charge is 0.264 e. The van der Waals surface area contributed by atoms with Gasteiger partial charge in [-0.25, -0.2) is 8.42 Å². The number of carbonyl (C=O) groups excluding carboxylic acids is 1. The highest BCUT2D eigenvalue weighted by Crippen LogP contribution is 2.27. The van der Waals surface area contributed by atoms with Crippen molar-refractivity contribution in [2.75, 3.05) is 10.8 Å². The van der Waals surface area contributed by atoms with Gasteiger partial charge in [0, 0.05) is 6.04 Å². The molecule has 0 unspecified atom stereocenters. The van der Waals surface area contributed by atoms with Gasteiger partial charge in [0.15, 0.2) is 0 Å². The van der Waals surface area contributed by atoms with E-state index in [0.29, 0.717) is 5.69 Å². The van der Waals surface area contributed by atoms with Crippen molar-refractivity contribution in [2.45, 2.75) is 52.0 Å². The molecule has 0 saturated carbocycles. The highest BCUT2D eigenvalue weighted by atomic mass is 32.2. The van der Waals surface area contributed by atoms with Crippen LogP contribution in [0.5, 0.6) is 0 Å². The minimum Gasteiger partial charge on any atom is -0.352 e. The van der Waals surface area contributed by atoms with Crippen molar-refractivity contribution < 1.29 is 13.2 Å². The van der Waals surface area contributed by atoms with E-state index in [1.165, 1.54) is 4.31 Å². The molecule has 0 spiro atoms. The van der Waals surface area contributed by atoms with Crippen molar-refractivity contribution in [1.29, 1.82) is 0 Å². The normalized spacial score (nSPS) is 12.5. The Kier molecular flexibility index (Phi) is 6.65. The number of aryl methyl sites for hydroxylation is 3. The molecule has 0 aliphatic rings. The van der Waals surface area contributed by atoms with E-state index in [9.17, 15) is 13.2 Å². The zero-order chi connectivity index (χ0) is 20.2. The van der Waals surface area contributed by atoms with Gasteiger partial charge in [-0.3, -0.25) is 9.10 Å². The van der Waals surface area contributed by atoms with Crippen molar-refractivity contribution in [1.82, 2.24) is 5.32 Å². The van der Waals surface area contributed by atoms with E-state index in [2.05, 4.69) is 5.32 Å². The predicted molar refractivity (Wildman–Crippen MR) is 110 cm³/mol. The number of anilines is 1. The fourth-order valence-electron chi connectivity index (χ4n) is 2.78. The van der Waals surface area contributed by atoms with Gasteiger partial charge in [-0.05, 0) is 57.9 Å². The fourth-order valence-corrected chi connectivity index (χ4v) is 4.26. The van der Waals surface area contributed by atoms with Crippen LogP contribution >= 0.6 is 0 Å². The summed E-state index contributed by atoms with van der Waals surface area (Å²) in [7, 11) is -3.87. The lowest BCUT2D eigenvalue weighted by Gasteiger charge is -2.26. The molecule has 0 fully saturated rings. The average Bonchev–Trinajstić information content (AvgIpc) is 2.60. The highest BCUT2D eigenvalue weighted by Gasteiger charge is 2.28. The van der Waals surface area contributed by atoms with Gasteiger partial charge in [-0.15, -0.1) is 0 Å². The highest BCUT2D eigenvalue weighted by molar-refractivity contribution is 7.92. The number of amides is 1. The summed E-state index contributed by atoms with van der Waals surface area (Å²) < 4.78 is 27.8. The fraction of sp³-hybridized carbons (Fsp3) is 0.381. The monoisotopic (exact) mass is 388 g/mol. The van der Waals surface area contributed by atoms with Crippen LogP contribution in [0.15, 0.2) is 47.4 Å².